The van der Waals surface area contributed by atoms with E-state index in [0.717, 1.165) is 30.5 Å². The van der Waals surface area contributed by atoms with Gasteiger partial charge in [0.15, 0.2) is 0 Å². The van der Waals surface area contributed by atoms with E-state index in [0.29, 0.717) is 10.9 Å². The molecule has 0 amide bonds. The van der Waals surface area contributed by atoms with Gasteiger partial charge in [0.25, 0.3) is 0 Å². The van der Waals surface area contributed by atoms with Gasteiger partial charge in [0.2, 0.25) is 10.0 Å². The van der Waals surface area contributed by atoms with Crippen molar-refractivity contribution in [1.82, 2.24) is 4.72 Å². The zero-order valence-electron chi connectivity index (χ0n) is 12.2. The minimum Gasteiger partial charge on any atom is -0.382 e. The van der Waals surface area contributed by atoms with Crippen LogP contribution in [-0.4, -0.2) is 21.5 Å². The number of nitrogens with one attached hydrogen (secondary N) is 2. The molecule has 1 aromatic rings. The van der Waals surface area contributed by atoms with Gasteiger partial charge in [-0.15, -0.1) is 0 Å². The molecule has 1 atom stereocenters. The maximum Gasteiger partial charge on any atom is 0.240 e. The first-order valence-electron chi connectivity index (χ1n) is 6.75. The second-order valence-corrected chi connectivity index (χ2v) is 6.58. The average Bonchev–Trinajstić information content (AvgIpc) is 2.40. The molecule has 19 heavy (non-hydrogen) atoms. The molecular weight excluding hydrogens is 260 g/mol. The summed E-state index contributed by atoms with van der Waals surface area (Å²) in [5.74, 6) is 0. The highest BCUT2D eigenvalue weighted by molar-refractivity contribution is 7.89. The summed E-state index contributed by atoms with van der Waals surface area (Å²) >= 11 is 0. The molecule has 0 aliphatic rings. The van der Waals surface area contributed by atoms with Gasteiger partial charge in [0, 0.05) is 11.7 Å². The fourth-order valence-corrected chi connectivity index (χ4v) is 3.05. The van der Waals surface area contributed by atoms with Crippen molar-refractivity contribution in [3.05, 3.63) is 23.8 Å². The Balaban J connectivity index is 3.03. The van der Waals surface area contributed by atoms with E-state index >= 15 is 0 Å². The Morgan fingerprint density at radius 3 is 2.47 bits per heavy atom. The molecule has 0 aliphatic heterocycles. The zero-order chi connectivity index (χ0) is 14.5. The van der Waals surface area contributed by atoms with Gasteiger partial charge < -0.3 is 5.32 Å². The van der Waals surface area contributed by atoms with Gasteiger partial charge in [-0.25, -0.2) is 13.1 Å². The molecule has 0 spiro atoms. The second-order valence-electron chi connectivity index (χ2n) is 4.73. The first kappa shape index (κ1) is 16.0. The molecule has 4 nitrogen and oxygen atoms in total. The largest absolute Gasteiger partial charge is 0.382 e. The summed E-state index contributed by atoms with van der Waals surface area (Å²) in [6, 6.07) is 5.87. The fraction of sp³-hybridized carbons (Fsp3) is 0.571. The highest BCUT2D eigenvalue weighted by atomic mass is 32.2. The third kappa shape index (κ3) is 4.21. The van der Waals surface area contributed by atoms with E-state index in [9.17, 15) is 8.42 Å². The van der Waals surface area contributed by atoms with Crippen molar-refractivity contribution in [2.75, 3.05) is 12.4 Å². The minimum atomic E-state index is -3.40. The van der Waals surface area contributed by atoms with Crippen LogP contribution in [0, 0.1) is 6.92 Å². The smallest absolute Gasteiger partial charge is 0.240 e. The normalized spacial score (nSPS) is 13.3. The Bertz CT molecular complexity index is 512. The van der Waals surface area contributed by atoms with E-state index in [4.69, 9.17) is 0 Å². The molecule has 0 heterocycles. The van der Waals surface area contributed by atoms with Crippen molar-refractivity contribution in [2.45, 2.75) is 51.0 Å². The lowest BCUT2D eigenvalue weighted by molar-refractivity contribution is 0.587. The van der Waals surface area contributed by atoms with E-state index in [2.05, 4.69) is 23.9 Å². The summed E-state index contributed by atoms with van der Waals surface area (Å²) in [5.41, 5.74) is 1.61. The van der Waals surface area contributed by atoms with Gasteiger partial charge in [0.1, 0.15) is 0 Å². The quantitative estimate of drug-likeness (QED) is 0.809. The van der Waals surface area contributed by atoms with Gasteiger partial charge in [-0.3, -0.25) is 0 Å². The highest BCUT2D eigenvalue weighted by Crippen LogP contribution is 2.21. The molecule has 0 radical (unpaired) electrons. The van der Waals surface area contributed by atoms with E-state index < -0.39 is 10.0 Å². The first-order chi connectivity index (χ1) is 8.94. The molecule has 0 saturated heterocycles. The molecule has 5 heteroatoms. The van der Waals surface area contributed by atoms with Gasteiger partial charge in [0.05, 0.1) is 4.90 Å². The lowest BCUT2D eigenvalue weighted by atomic mass is 10.1. The van der Waals surface area contributed by atoms with Crippen molar-refractivity contribution in [2.24, 2.45) is 0 Å². The lowest BCUT2D eigenvalue weighted by Gasteiger charge is -2.18. The molecule has 2 N–H and O–H groups in total. The summed E-state index contributed by atoms with van der Waals surface area (Å²) in [6.45, 7) is 6.08. The molecule has 0 bridgehead atoms. The number of hydrogen-bond donors (Lipinski definition) is 2. The third-order valence-corrected chi connectivity index (χ3v) is 4.80. The van der Waals surface area contributed by atoms with E-state index in [1.54, 1.807) is 13.0 Å². The van der Waals surface area contributed by atoms with Crippen molar-refractivity contribution in [3.63, 3.8) is 0 Å². The Hall–Kier alpha value is -1.07. The molecule has 1 unspecified atom stereocenters. The Morgan fingerprint density at radius 1 is 1.26 bits per heavy atom. The van der Waals surface area contributed by atoms with Gasteiger partial charge in [-0.05, 0) is 44.5 Å². The third-order valence-electron chi connectivity index (χ3n) is 3.25. The summed E-state index contributed by atoms with van der Waals surface area (Å²) < 4.78 is 26.2. The van der Waals surface area contributed by atoms with Gasteiger partial charge >= 0.3 is 0 Å². The van der Waals surface area contributed by atoms with Crippen LogP contribution in [0.4, 0.5) is 5.69 Å². The zero-order valence-corrected chi connectivity index (χ0v) is 13.0. The van der Waals surface area contributed by atoms with Crippen LogP contribution in [0.2, 0.25) is 0 Å². The predicted octanol–water partition coefficient (Wildman–Crippen LogP) is 2.89. The summed E-state index contributed by atoms with van der Waals surface area (Å²) in [5, 5.41) is 3.40. The van der Waals surface area contributed by atoms with Crippen molar-refractivity contribution in [3.8, 4) is 0 Å². The van der Waals surface area contributed by atoms with Gasteiger partial charge in [-0.2, -0.15) is 0 Å². The Kier molecular flexibility index (Phi) is 5.82. The Labute approximate surface area is 116 Å². The van der Waals surface area contributed by atoms with Crippen LogP contribution in [0.25, 0.3) is 0 Å². The van der Waals surface area contributed by atoms with Crippen LogP contribution in [-0.2, 0) is 10.0 Å². The summed E-state index contributed by atoms with van der Waals surface area (Å²) in [7, 11) is -1.96. The number of aryl methyl sites for hydroxylation is 1. The predicted molar refractivity (Wildman–Crippen MR) is 80.0 cm³/mol. The first-order valence-corrected chi connectivity index (χ1v) is 8.23. The molecule has 1 rings (SSSR count). The van der Waals surface area contributed by atoms with E-state index in [1.165, 1.54) is 7.05 Å². The van der Waals surface area contributed by atoms with Crippen LogP contribution in [0.3, 0.4) is 0 Å². The molecule has 0 saturated carbocycles. The van der Waals surface area contributed by atoms with E-state index in [1.807, 2.05) is 12.1 Å². The van der Waals surface area contributed by atoms with Crippen LogP contribution in [0.15, 0.2) is 23.1 Å². The maximum absolute atomic E-state index is 11.9. The van der Waals surface area contributed by atoms with Crippen molar-refractivity contribution in [1.29, 1.82) is 0 Å². The van der Waals surface area contributed by atoms with E-state index in [-0.39, 0.29) is 0 Å². The minimum absolute atomic E-state index is 0.339. The Morgan fingerprint density at radius 2 is 1.95 bits per heavy atom. The molecule has 0 aliphatic carbocycles. The number of sulfonamides is 1. The lowest BCUT2D eigenvalue weighted by Crippen LogP contribution is -2.21. The molecule has 0 fully saturated rings. The molecular formula is C14H24N2O2S. The van der Waals surface area contributed by atoms with Crippen LogP contribution < -0.4 is 10.0 Å². The highest BCUT2D eigenvalue weighted by Gasteiger charge is 2.15. The number of benzene rings is 1. The second kappa shape index (κ2) is 6.91. The fourth-order valence-electron chi connectivity index (χ4n) is 2.05. The number of hydrogen-bond acceptors (Lipinski definition) is 3. The molecule has 0 aromatic heterocycles. The molecule has 1 aromatic carbocycles. The van der Waals surface area contributed by atoms with Gasteiger partial charge in [-0.1, -0.05) is 26.3 Å². The van der Waals surface area contributed by atoms with Crippen molar-refractivity contribution < 1.29 is 8.42 Å². The van der Waals surface area contributed by atoms with Crippen LogP contribution in [0.5, 0.6) is 0 Å². The topological polar surface area (TPSA) is 58.2 Å². The number of rotatable bonds is 7. The van der Waals surface area contributed by atoms with Crippen LogP contribution in [0.1, 0.15) is 38.7 Å². The average molecular weight is 284 g/mol. The SMILES string of the molecule is CCCC(CC)Nc1ccc(C)c(S(=O)(=O)NC)c1. The van der Waals surface area contributed by atoms with Crippen LogP contribution >= 0.6 is 0 Å². The molecule has 108 valence electrons. The maximum atomic E-state index is 11.9. The monoisotopic (exact) mass is 284 g/mol. The summed E-state index contributed by atoms with van der Waals surface area (Å²) in [4.78, 5) is 0.339. The van der Waals surface area contributed by atoms with Crippen molar-refractivity contribution >= 4 is 15.7 Å². The number of anilines is 1. The summed E-state index contributed by atoms with van der Waals surface area (Å²) in [6.07, 6.45) is 3.22. The standard InChI is InChI=1S/C14H24N2O2S/c1-5-7-12(6-2)16-13-9-8-11(3)14(10-13)19(17,18)15-4/h8-10,12,15-16H,5-7H2,1-4H3.